The van der Waals surface area contributed by atoms with Crippen molar-refractivity contribution in [2.24, 2.45) is 0 Å². The fraction of sp³-hybridized carbons (Fsp3) is 0.450. The number of hydrogen-bond acceptors (Lipinski definition) is 2. The Morgan fingerprint density at radius 2 is 1.79 bits per heavy atom. The monoisotopic (exact) mass is 327 g/mol. The van der Waals surface area contributed by atoms with Crippen LogP contribution in [0.15, 0.2) is 42.5 Å². The Labute approximate surface area is 145 Å². The largest absolute Gasteiger partial charge is 0.335 e. The lowest BCUT2D eigenvalue weighted by Gasteiger charge is -2.20. The van der Waals surface area contributed by atoms with Crippen LogP contribution in [0.3, 0.4) is 0 Å². The fourth-order valence-corrected chi connectivity index (χ4v) is 2.95. The molecule has 0 aliphatic heterocycles. The van der Waals surface area contributed by atoms with Gasteiger partial charge in [0, 0.05) is 11.4 Å². The van der Waals surface area contributed by atoms with E-state index in [4.69, 9.17) is 0 Å². The lowest BCUT2D eigenvalue weighted by atomic mass is 10.1. The van der Waals surface area contributed by atoms with Crippen LogP contribution in [0.1, 0.15) is 33.6 Å². The van der Waals surface area contributed by atoms with Crippen molar-refractivity contribution in [3.8, 4) is 0 Å². The van der Waals surface area contributed by atoms with Crippen molar-refractivity contribution in [2.45, 2.75) is 39.7 Å². The van der Waals surface area contributed by atoms with Crippen molar-refractivity contribution in [2.75, 3.05) is 25.0 Å². The normalized spacial score (nSPS) is 12.3. The third-order valence-electron chi connectivity index (χ3n) is 4.42. The number of urea groups is 1. The summed E-state index contributed by atoms with van der Waals surface area (Å²) in [7, 11) is 0. The second-order valence-corrected chi connectivity index (χ2v) is 6.20. The summed E-state index contributed by atoms with van der Waals surface area (Å²) in [6, 6.07) is 14.0. The Morgan fingerprint density at radius 3 is 2.54 bits per heavy atom. The van der Waals surface area contributed by atoms with Crippen LogP contribution < -0.4 is 10.6 Å². The Morgan fingerprint density at radius 1 is 1.08 bits per heavy atom. The molecule has 2 aromatic carbocycles. The molecule has 0 unspecified atom stereocenters. The van der Waals surface area contributed by atoms with Crippen LogP contribution in [0.25, 0.3) is 10.8 Å². The number of nitrogens with zero attached hydrogens (tertiary/aromatic N) is 1. The Hall–Kier alpha value is -2.07. The van der Waals surface area contributed by atoms with Crippen LogP contribution in [-0.2, 0) is 0 Å². The second-order valence-electron chi connectivity index (χ2n) is 6.20. The molecule has 2 aromatic rings. The van der Waals surface area contributed by atoms with Gasteiger partial charge in [-0.05, 0) is 50.9 Å². The highest BCUT2D eigenvalue weighted by Gasteiger charge is 2.09. The smallest absolute Gasteiger partial charge is 0.319 e. The van der Waals surface area contributed by atoms with E-state index >= 15 is 0 Å². The number of benzene rings is 2. The minimum Gasteiger partial charge on any atom is -0.335 e. The minimum atomic E-state index is -0.137. The van der Waals surface area contributed by atoms with Gasteiger partial charge in [0.25, 0.3) is 0 Å². The molecule has 0 aliphatic carbocycles. The summed E-state index contributed by atoms with van der Waals surface area (Å²) in [5, 5.41) is 8.20. The number of carbonyl (C=O) groups is 1. The van der Waals surface area contributed by atoms with E-state index in [1.807, 2.05) is 42.5 Å². The van der Waals surface area contributed by atoms with Gasteiger partial charge in [-0.25, -0.2) is 4.79 Å². The molecule has 130 valence electrons. The molecular formula is C20H29N3O. The molecule has 0 spiro atoms. The number of fused-ring (bicyclic) bond motifs is 1. The van der Waals surface area contributed by atoms with E-state index in [2.05, 4.69) is 36.3 Å². The van der Waals surface area contributed by atoms with Crippen LogP contribution >= 0.6 is 0 Å². The maximum atomic E-state index is 12.2. The van der Waals surface area contributed by atoms with Gasteiger partial charge in [0.2, 0.25) is 0 Å². The summed E-state index contributed by atoms with van der Waals surface area (Å²) in [4.78, 5) is 14.6. The zero-order chi connectivity index (χ0) is 17.4. The molecule has 0 heterocycles. The fourth-order valence-electron chi connectivity index (χ4n) is 2.95. The molecule has 0 saturated carbocycles. The highest BCUT2D eigenvalue weighted by Crippen LogP contribution is 2.22. The molecule has 24 heavy (non-hydrogen) atoms. The maximum Gasteiger partial charge on any atom is 0.319 e. The van der Waals surface area contributed by atoms with Crippen LogP contribution in [0.5, 0.6) is 0 Å². The number of amides is 2. The molecule has 2 N–H and O–H groups in total. The van der Waals surface area contributed by atoms with E-state index in [0.717, 1.165) is 48.9 Å². The first-order chi connectivity index (χ1) is 11.6. The lowest BCUT2D eigenvalue weighted by molar-refractivity contribution is 0.247. The summed E-state index contributed by atoms with van der Waals surface area (Å²) in [6.07, 6.45) is 2.08. The average molecular weight is 327 g/mol. The van der Waals surface area contributed by atoms with Crippen LogP contribution in [-0.4, -0.2) is 36.6 Å². The Balaban J connectivity index is 1.84. The molecule has 2 rings (SSSR count). The molecule has 0 bridgehead atoms. The second kappa shape index (κ2) is 9.28. The van der Waals surface area contributed by atoms with Gasteiger partial charge in [-0.2, -0.15) is 0 Å². The predicted octanol–water partition coefficient (Wildman–Crippen LogP) is 4.47. The summed E-state index contributed by atoms with van der Waals surface area (Å²) in [6.45, 7) is 9.68. The van der Waals surface area contributed by atoms with E-state index in [9.17, 15) is 4.79 Å². The molecule has 0 aliphatic rings. The first kappa shape index (κ1) is 18.3. The zero-order valence-electron chi connectivity index (χ0n) is 15.0. The summed E-state index contributed by atoms with van der Waals surface area (Å²) < 4.78 is 0. The van der Waals surface area contributed by atoms with Crippen LogP contribution in [0, 0.1) is 0 Å². The van der Waals surface area contributed by atoms with E-state index in [1.165, 1.54) is 0 Å². The van der Waals surface area contributed by atoms with Gasteiger partial charge in [-0.3, -0.25) is 0 Å². The van der Waals surface area contributed by atoms with E-state index < -0.39 is 0 Å². The molecule has 0 fully saturated rings. The molecule has 0 saturated heterocycles. The van der Waals surface area contributed by atoms with Crippen LogP contribution in [0.2, 0.25) is 0 Å². The van der Waals surface area contributed by atoms with E-state index in [-0.39, 0.29) is 12.1 Å². The van der Waals surface area contributed by atoms with Gasteiger partial charge in [-0.15, -0.1) is 0 Å². The van der Waals surface area contributed by atoms with Gasteiger partial charge < -0.3 is 15.5 Å². The van der Waals surface area contributed by atoms with Gasteiger partial charge in [0.05, 0.1) is 5.69 Å². The van der Waals surface area contributed by atoms with E-state index in [1.54, 1.807) is 0 Å². The van der Waals surface area contributed by atoms with Gasteiger partial charge in [0.15, 0.2) is 0 Å². The van der Waals surface area contributed by atoms with Gasteiger partial charge in [0.1, 0.15) is 0 Å². The van der Waals surface area contributed by atoms with Crippen molar-refractivity contribution in [3.05, 3.63) is 42.5 Å². The standard InChI is InChI=1S/C20H29N3O/c1-4-23(5-2)15-9-10-16(3)21-20(24)22-19-14-8-12-17-11-6-7-13-18(17)19/h6-8,11-14,16H,4-5,9-10,15H2,1-3H3,(H2,21,22,24)/t16-/m0/s1. The van der Waals surface area contributed by atoms with Crippen molar-refractivity contribution in [1.82, 2.24) is 10.2 Å². The molecule has 0 radical (unpaired) electrons. The molecular weight excluding hydrogens is 298 g/mol. The highest BCUT2D eigenvalue weighted by molar-refractivity contribution is 6.01. The first-order valence-corrected chi connectivity index (χ1v) is 8.91. The third kappa shape index (κ3) is 5.24. The van der Waals surface area contributed by atoms with Gasteiger partial charge >= 0.3 is 6.03 Å². The zero-order valence-corrected chi connectivity index (χ0v) is 15.0. The Kier molecular flexibility index (Phi) is 7.07. The quantitative estimate of drug-likeness (QED) is 0.751. The Bertz CT molecular complexity index is 647. The summed E-state index contributed by atoms with van der Waals surface area (Å²) in [5.74, 6) is 0. The first-order valence-electron chi connectivity index (χ1n) is 8.91. The number of carbonyl (C=O) groups excluding carboxylic acids is 1. The van der Waals surface area contributed by atoms with E-state index in [0.29, 0.717) is 0 Å². The number of nitrogens with one attached hydrogen (secondary N) is 2. The van der Waals surface area contributed by atoms with Crippen molar-refractivity contribution in [1.29, 1.82) is 0 Å². The molecule has 1 atom stereocenters. The van der Waals surface area contributed by atoms with Crippen molar-refractivity contribution in [3.63, 3.8) is 0 Å². The molecule has 4 heteroatoms. The number of anilines is 1. The molecule has 4 nitrogen and oxygen atoms in total. The van der Waals surface area contributed by atoms with Gasteiger partial charge in [-0.1, -0.05) is 50.2 Å². The average Bonchev–Trinajstić information content (AvgIpc) is 2.59. The topological polar surface area (TPSA) is 44.4 Å². The molecule has 2 amide bonds. The number of hydrogen-bond donors (Lipinski definition) is 2. The minimum absolute atomic E-state index is 0.137. The lowest BCUT2D eigenvalue weighted by Crippen LogP contribution is -2.36. The van der Waals surface area contributed by atoms with Crippen molar-refractivity contribution >= 4 is 22.5 Å². The molecule has 0 aromatic heterocycles. The summed E-state index contributed by atoms with van der Waals surface area (Å²) in [5.41, 5.74) is 0.848. The third-order valence-corrected chi connectivity index (χ3v) is 4.42. The SMILES string of the molecule is CCN(CC)CCC[C@H](C)NC(=O)Nc1cccc2ccccc12. The van der Waals surface area contributed by atoms with Crippen LogP contribution in [0.4, 0.5) is 10.5 Å². The predicted molar refractivity (Wildman–Crippen MR) is 103 cm³/mol. The maximum absolute atomic E-state index is 12.2. The van der Waals surface area contributed by atoms with Crippen molar-refractivity contribution < 1.29 is 4.79 Å². The number of rotatable bonds is 8. The highest BCUT2D eigenvalue weighted by atomic mass is 16.2. The summed E-state index contributed by atoms with van der Waals surface area (Å²) >= 11 is 0.